The number of ether oxygens (including phenoxy) is 1. The molecule has 2 N–H and O–H groups in total. The second kappa shape index (κ2) is 9.81. The first-order valence-electron chi connectivity index (χ1n) is 8.88. The summed E-state index contributed by atoms with van der Waals surface area (Å²) in [7, 11) is 0. The molecule has 2 heterocycles. The lowest BCUT2D eigenvalue weighted by molar-refractivity contribution is -0.141. The van der Waals surface area contributed by atoms with Gasteiger partial charge in [0.25, 0.3) is 0 Å². The Morgan fingerprint density at radius 3 is 2.45 bits per heavy atom. The van der Waals surface area contributed by atoms with Crippen LogP contribution in [0.3, 0.4) is 0 Å². The maximum Gasteiger partial charge on any atom is 0.433 e. The van der Waals surface area contributed by atoms with Gasteiger partial charge in [-0.05, 0) is 54.8 Å². The van der Waals surface area contributed by atoms with Crippen molar-refractivity contribution in [3.05, 3.63) is 39.6 Å². The Morgan fingerprint density at radius 2 is 2.00 bits per heavy atom. The molecule has 2 aromatic rings. The van der Waals surface area contributed by atoms with Gasteiger partial charge < -0.3 is 15.2 Å². The van der Waals surface area contributed by atoms with Gasteiger partial charge in [0.15, 0.2) is 5.13 Å². The van der Waals surface area contributed by atoms with Gasteiger partial charge in [-0.15, -0.1) is 11.3 Å². The average Bonchev–Trinajstić information content (AvgIpc) is 3.03. The van der Waals surface area contributed by atoms with E-state index in [2.05, 4.69) is 31.2 Å². The van der Waals surface area contributed by atoms with E-state index in [9.17, 15) is 27.9 Å². The fourth-order valence-corrected chi connectivity index (χ4v) is 3.71. The zero-order valence-electron chi connectivity index (χ0n) is 16.7. The topological polar surface area (TPSA) is 105 Å². The molecule has 0 aliphatic carbocycles. The maximum absolute atomic E-state index is 12.7. The maximum atomic E-state index is 12.7. The van der Waals surface area contributed by atoms with Gasteiger partial charge in [-0.2, -0.15) is 13.2 Å². The summed E-state index contributed by atoms with van der Waals surface area (Å²) in [5.41, 5.74) is -1.47. The van der Waals surface area contributed by atoms with E-state index in [0.717, 1.165) is 28.5 Å². The van der Waals surface area contributed by atoms with Gasteiger partial charge in [-0.3, -0.25) is 9.88 Å². The normalized spacial score (nSPS) is 12.9. The van der Waals surface area contributed by atoms with Crippen molar-refractivity contribution in [1.29, 1.82) is 0 Å². The molecule has 8 nitrogen and oxygen atoms in total. The SMILES string of the molecule is CC(C)(C)OC(=O)N[C@@H](Cc1ccc(C(F)(F)F)nc1)CN(C(=O)O)c1nc(Br)cs1. The lowest BCUT2D eigenvalue weighted by Crippen LogP contribution is -2.48. The molecule has 0 saturated heterocycles. The molecule has 0 saturated carbocycles. The summed E-state index contributed by atoms with van der Waals surface area (Å²) in [6.45, 7) is 4.78. The standard InChI is InChI=1S/C18H20BrF3N4O4S/c1-17(2,3)30-15(27)24-11(6-10-4-5-12(23-7-10)18(20,21)22)8-26(16(28)29)14-25-13(19)9-31-14/h4-5,7,9,11H,6,8H2,1-3H3,(H,24,27)(H,28,29)/t11-/m0/s1. The van der Waals surface area contributed by atoms with Crippen molar-refractivity contribution < 1.29 is 32.6 Å². The largest absolute Gasteiger partial charge is 0.465 e. The number of thiazole rings is 1. The van der Waals surface area contributed by atoms with Crippen LogP contribution in [0.2, 0.25) is 0 Å². The van der Waals surface area contributed by atoms with Crippen molar-refractivity contribution in [2.75, 3.05) is 11.4 Å². The number of nitrogens with zero attached hydrogens (tertiary/aromatic N) is 3. The lowest BCUT2D eigenvalue weighted by Gasteiger charge is -2.26. The van der Waals surface area contributed by atoms with E-state index >= 15 is 0 Å². The van der Waals surface area contributed by atoms with Crippen molar-refractivity contribution in [1.82, 2.24) is 15.3 Å². The Bertz CT molecular complexity index is 916. The van der Waals surface area contributed by atoms with Crippen LogP contribution in [0.5, 0.6) is 0 Å². The van der Waals surface area contributed by atoms with E-state index in [0.29, 0.717) is 10.2 Å². The summed E-state index contributed by atoms with van der Waals surface area (Å²) in [6.07, 6.45) is -5.62. The Hall–Kier alpha value is -2.41. The van der Waals surface area contributed by atoms with Crippen molar-refractivity contribution in [2.24, 2.45) is 0 Å². The van der Waals surface area contributed by atoms with E-state index in [1.54, 1.807) is 26.2 Å². The number of rotatable bonds is 6. The number of hydrogen-bond donors (Lipinski definition) is 2. The molecule has 1 atom stereocenters. The van der Waals surface area contributed by atoms with Gasteiger partial charge in [-0.1, -0.05) is 6.07 Å². The Morgan fingerprint density at radius 1 is 1.32 bits per heavy atom. The van der Waals surface area contributed by atoms with Crippen LogP contribution in [0.25, 0.3) is 0 Å². The molecule has 0 unspecified atom stereocenters. The number of carboxylic acid groups (broad SMARTS) is 1. The summed E-state index contributed by atoms with van der Waals surface area (Å²) in [4.78, 5) is 32.4. The minimum absolute atomic E-state index is 0.0146. The number of alkyl carbamates (subject to hydrolysis) is 1. The molecule has 13 heteroatoms. The molecular weight excluding hydrogens is 505 g/mol. The summed E-state index contributed by atoms with van der Waals surface area (Å²) in [6, 6.07) is 1.23. The molecule has 2 amide bonds. The van der Waals surface area contributed by atoms with Gasteiger partial charge in [0.05, 0.1) is 12.6 Å². The molecule has 0 spiro atoms. The summed E-state index contributed by atoms with van der Waals surface area (Å²) < 4.78 is 43.9. The van der Waals surface area contributed by atoms with Crippen LogP contribution in [0.1, 0.15) is 32.0 Å². The van der Waals surface area contributed by atoms with E-state index in [1.165, 1.54) is 6.07 Å². The highest BCUT2D eigenvalue weighted by Crippen LogP contribution is 2.28. The molecule has 0 aromatic carbocycles. The van der Waals surface area contributed by atoms with Crippen LogP contribution in [0.15, 0.2) is 28.3 Å². The minimum Gasteiger partial charge on any atom is -0.465 e. The van der Waals surface area contributed by atoms with Crippen molar-refractivity contribution in [3.8, 4) is 0 Å². The number of carbonyl (C=O) groups is 2. The molecule has 0 bridgehead atoms. The smallest absolute Gasteiger partial charge is 0.433 e. The monoisotopic (exact) mass is 524 g/mol. The van der Waals surface area contributed by atoms with Gasteiger partial charge in [0, 0.05) is 11.6 Å². The predicted molar refractivity (Wildman–Crippen MR) is 111 cm³/mol. The Kier molecular flexibility index (Phi) is 7.87. The second-order valence-corrected chi connectivity index (χ2v) is 9.09. The summed E-state index contributed by atoms with van der Waals surface area (Å²) in [5.74, 6) is 0. The molecule has 0 radical (unpaired) electrons. The third-order valence-electron chi connectivity index (χ3n) is 3.65. The highest BCUT2D eigenvalue weighted by molar-refractivity contribution is 9.10. The summed E-state index contributed by atoms with van der Waals surface area (Å²) >= 11 is 4.23. The second-order valence-electron chi connectivity index (χ2n) is 7.44. The van der Waals surface area contributed by atoms with E-state index in [-0.39, 0.29) is 18.1 Å². The number of anilines is 1. The number of nitrogens with one attached hydrogen (secondary N) is 1. The number of hydrogen-bond acceptors (Lipinski definition) is 6. The van der Waals surface area contributed by atoms with E-state index in [4.69, 9.17) is 4.74 Å². The minimum atomic E-state index is -4.58. The Balaban J connectivity index is 2.24. The lowest BCUT2D eigenvalue weighted by atomic mass is 10.1. The highest BCUT2D eigenvalue weighted by atomic mass is 79.9. The van der Waals surface area contributed by atoms with Crippen LogP contribution in [0, 0.1) is 0 Å². The van der Waals surface area contributed by atoms with Crippen LogP contribution >= 0.6 is 27.3 Å². The van der Waals surface area contributed by atoms with Crippen molar-refractivity contribution in [2.45, 2.75) is 45.0 Å². The van der Waals surface area contributed by atoms with E-state index in [1.807, 2.05) is 0 Å². The van der Waals surface area contributed by atoms with E-state index < -0.39 is 35.7 Å². The van der Waals surface area contributed by atoms with Crippen LogP contribution < -0.4 is 10.2 Å². The first-order valence-corrected chi connectivity index (χ1v) is 10.5. The summed E-state index contributed by atoms with van der Waals surface area (Å²) in [5, 5.41) is 13.9. The van der Waals surface area contributed by atoms with Gasteiger partial charge in [-0.25, -0.2) is 14.6 Å². The number of amides is 2. The fourth-order valence-electron chi connectivity index (χ4n) is 2.46. The molecule has 0 aliphatic rings. The van der Waals surface area contributed by atoms with Crippen molar-refractivity contribution >= 4 is 44.6 Å². The van der Waals surface area contributed by atoms with Gasteiger partial charge >= 0.3 is 18.4 Å². The molecule has 2 aromatic heterocycles. The number of aromatic nitrogens is 2. The Labute approximate surface area is 188 Å². The molecule has 0 aliphatic heterocycles. The quantitative estimate of drug-likeness (QED) is 0.554. The zero-order chi connectivity index (χ0) is 23.4. The average molecular weight is 525 g/mol. The first-order chi connectivity index (χ1) is 14.2. The van der Waals surface area contributed by atoms with Crippen LogP contribution in [-0.2, 0) is 17.3 Å². The third kappa shape index (κ3) is 7.98. The van der Waals surface area contributed by atoms with Gasteiger partial charge in [0.1, 0.15) is 15.9 Å². The van der Waals surface area contributed by atoms with Crippen LogP contribution in [-0.4, -0.2) is 45.4 Å². The third-order valence-corrected chi connectivity index (χ3v) is 5.22. The molecule has 170 valence electrons. The molecule has 0 fully saturated rings. The predicted octanol–water partition coefficient (Wildman–Crippen LogP) is 4.94. The zero-order valence-corrected chi connectivity index (χ0v) is 19.1. The highest BCUT2D eigenvalue weighted by Gasteiger charge is 2.32. The van der Waals surface area contributed by atoms with Gasteiger partial charge in [0.2, 0.25) is 0 Å². The molecule has 31 heavy (non-hydrogen) atoms. The number of alkyl halides is 3. The molecular formula is C18H20BrF3N4O4S. The van der Waals surface area contributed by atoms with Crippen molar-refractivity contribution in [3.63, 3.8) is 0 Å². The number of carbonyl (C=O) groups excluding carboxylic acids is 1. The van der Waals surface area contributed by atoms with Crippen LogP contribution in [0.4, 0.5) is 27.9 Å². The molecule has 2 rings (SSSR count). The fraction of sp³-hybridized carbons (Fsp3) is 0.444. The first kappa shape index (κ1) is 24.9. The number of halogens is 4. The number of pyridine rings is 1.